The largest absolute Gasteiger partial charge is 0.368 e. The standard InChI is InChI=1S/C25H26Cl2N4O2S/c1-16(17-10-12-34-13-11-17)30(14-23(28)33)25-22(15-32)31(19-8-6-18(26)7-9-19)24(29-25)20-4-2-3-5-21(20)27/h2-9,15-17H,10-14H2,1H3,(H2,28,33). The molecule has 0 bridgehead atoms. The molecule has 0 aliphatic carbocycles. The van der Waals surface area contributed by atoms with Crippen LogP contribution in [0.3, 0.4) is 0 Å². The summed E-state index contributed by atoms with van der Waals surface area (Å²) in [6.45, 7) is 2.04. The smallest absolute Gasteiger partial charge is 0.237 e. The summed E-state index contributed by atoms with van der Waals surface area (Å²) in [5, 5.41) is 1.08. The van der Waals surface area contributed by atoms with E-state index in [2.05, 4.69) is 6.92 Å². The number of imidazole rings is 1. The minimum Gasteiger partial charge on any atom is -0.368 e. The highest BCUT2D eigenvalue weighted by Gasteiger charge is 2.32. The lowest BCUT2D eigenvalue weighted by molar-refractivity contribution is -0.116. The van der Waals surface area contributed by atoms with Gasteiger partial charge < -0.3 is 10.6 Å². The van der Waals surface area contributed by atoms with Gasteiger partial charge in [0, 0.05) is 22.3 Å². The average molecular weight is 517 g/mol. The molecule has 3 aromatic rings. The summed E-state index contributed by atoms with van der Waals surface area (Å²) in [6, 6.07) is 14.5. The number of hydrogen-bond acceptors (Lipinski definition) is 5. The molecule has 1 amide bonds. The van der Waals surface area contributed by atoms with Crippen molar-refractivity contribution in [1.29, 1.82) is 0 Å². The van der Waals surface area contributed by atoms with Crippen LogP contribution in [0.4, 0.5) is 5.82 Å². The summed E-state index contributed by atoms with van der Waals surface area (Å²) >= 11 is 14.6. The summed E-state index contributed by atoms with van der Waals surface area (Å²) < 4.78 is 1.76. The number of halogens is 2. The van der Waals surface area contributed by atoms with Gasteiger partial charge in [-0.15, -0.1) is 0 Å². The maximum Gasteiger partial charge on any atom is 0.237 e. The molecule has 0 radical (unpaired) electrons. The van der Waals surface area contributed by atoms with Gasteiger partial charge in [0.15, 0.2) is 12.1 Å². The highest BCUT2D eigenvalue weighted by atomic mass is 35.5. The molecule has 1 aliphatic heterocycles. The number of hydrogen-bond donors (Lipinski definition) is 1. The number of anilines is 1. The molecule has 1 aliphatic rings. The molecular formula is C25H26Cl2N4O2S. The van der Waals surface area contributed by atoms with Crippen molar-refractivity contribution in [2.75, 3.05) is 23.0 Å². The first kappa shape index (κ1) is 24.6. The molecular weight excluding hydrogens is 491 g/mol. The molecule has 1 aromatic heterocycles. The van der Waals surface area contributed by atoms with Crippen LogP contribution in [0.5, 0.6) is 0 Å². The molecule has 9 heteroatoms. The van der Waals surface area contributed by atoms with Gasteiger partial charge in [-0.1, -0.05) is 35.3 Å². The highest BCUT2D eigenvalue weighted by molar-refractivity contribution is 7.99. The van der Waals surface area contributed by atoms with Crippen LogP contribution in [0.25, 0.3) is 17.1 Å². The number of primary amides is 1. The first-order valence-corrected chi connectivity index (χ1v) is 13.0. The van der Waals surface area contributed by atoms with E-state index in [1.165, 1.54) is 0 Å². The van der Waals surface area contributed by atoms with E-state index in [1.54, 1.807) is 22.8 Å². The van der Waals surface area contributed by atoms with Crippen molar-refractivity contribution >= 4 is 53.0 Å². The van der Waals surface area contributed by atoms with Crippen molar-refractivity contribution in [2.24, 2.45) is 11.7 Å². The molecule has 0 spiro atoms. The molecule has 4 rings (SSSR count). The van der Waals surface area contributed by atoms with Gasteiger partial charge in [-0.3, -0.25) is 14.2 Å². The SMILES string of the molecule is CC(C1CCSCC1)N(CC(N)=O)c1nc(-c2ccccc2Cl)n(-c2ccc(Cl)cc2)c1C=O. The van der Waals surface area contributed by atoms with E-state index in [9.17, 15) is 9.59 Å². The van der Waals surface area contributed by atoms with Crippen molar-refractivity contribution in [2.45, 2.75) is 25.8 Å². The topological polar surface area (TPSA) is 81.2 Å². The van der Waals surface area contributed by atoms with Crippen molar-refractivity contribution in [3.8, 4) is 17.1 Å². The third-order valence-corrected chi connectivity index (χ3v) is 7.87. The Morgan fingerprint density at radius 2 is 1.88 bits per heavy atom. The lowest BCUT2D eigenvalue weighted by Crippen LogP contribution is -2.45. The molecule has 2 N–H and O–H groups in total. The van der Waals surface area contributed by atoms with Crippen molar-refractivity contribution in [3.63, 3.8) is 0 Å². The Balaban J connectivity index is 1.92. The number of aromatic nitrogens is 2. The average Bonchev–Trinajstić information content (AvgIpc) is 3.22. The van der Waals surface area contributed by atoms with Crippen molar-refractivity contribution in [1.82, 2.24) is 9.55 Å². The monoisotopic (exact) mass is 516 g/mol. The number of thioether (sulfide) groups is 1. The summed E-state index contributed by atoms with van der Waals surface area (Å²) in [5.74, 6) is 2.96. The van der Waals surface area contributed by atoms with Gasteiger partial charge in [0.1, 0.15) is 11.5 Å². The van der Waals surface area contributed by atoms with Crippen LogP contribution in [-0.4, -0.2) is 45.8 Å². The van der Waals surface area contributed by atoms with E-state index in [1.807, 2.05) is 47.0 Å². The van der Waals surface area contributed by atoms with Crippen molar-refractivity contribution < 1.29 is 9.59 Å². The lowest BCUT2D eigenvalue weighted by Gasteiger charge is -2.36. The molecule has 1 saturated heterocycles. The van der Waals surface area contributed by atoms with Crippen LogP contribution < -0.4 is 10.6 Å². The summed E-state index contributed by atoms with van der Waals surface area (Å²) in [6.07, 6.45) is 2.84. The molecule has 178 valence electrons. The van der Waals surface area contributed by atoms with Crippen LogP contribution in [-0.2, 0) is 4.79 Å². The Morgan fingerprint density at radius 1 is 1.21 bits per heavy atom. The zero-order valence-electron chi connectivity index (χ0n) is 18.8. The summed E-state index contributed by atoms with van der Waals surface area (Å²) in [7, 11) is 0. The van der Waals surface area contributed by atoms with E-state index in [0.29, 0.717) is 44.6 Å². The Morgan fingerprint density at radius 3 is 2.50 bits per heavy atom. The minimum absolute atomic E-state index is 0.0280. The van der Waals surface area contributed by atoms with E-state index in [-0.39, 0.29) is 12.6 Å². The van der Waals surface area contributed by atoms with Crippen molar-refractivity contribution in [3.05, 3.63) is 64.3 Å². The van der Waals surface area contributed by atoms with E-state index < -0.39 is 5.91 Å². The third-order valence-electron chi connectivity index (χ3n) is 6.24. The Labute approximate surface area is 213 Å². The van der Waals surface area contributed by atoms with Gasteiger partial charge in [-0.2, -0.15) is 11.8 Å². The number of nitrogens with two attached hydrogens (primary N) is 1. The second-order valence-electron chi connectivity index (χ2n) is 8.34. The summed E-state index contributed by atoms with van der Waals surface area (Å²) in [4.78, 5) is 31.4. The zero-order valence-corrected chi connectivity index (χ0v) is 21.1. The van der Waals surface area contributed by atoms with Gasteiger partial charge in [0.25, 0.3) is 0 Å². The Kier molecular flexibility index (Phi) is 7.86. The van der Waals surface area contributed by atoms with E-state index in [4.69, 9.17) is 33.9 Å². The number of nitrogens with zero attached hydrogens (tertiary/aromatic N) is 3. The molecule has 0 saturated carbocycles. The number of aldehydes is 1. The first-order valence-electron chi connectivity index (χ1n) is 11.1. The van der Waals surface area contributed by atoms with Crippen LogP contribution in [0, 0.1) is 5.92 Å². The fourth-order valence-electron chi connectivity index (χ4n) is 4.45. The fourth-order valence-corrected chi connectivity index (χ4v) is 5.93. The molecule has 2 heterocycles. The summed E-state index contributed by atoms with van der Waals surface area (Å²) in [5.41, 5.74) is 7.37. The minimum atomic E-state index is -0.478. The van der Waals surface area contributed by atoms with Crippen LogP contribution in [0.15, 0.2) is 48.5 Å². The quantitative estimate of drug-likeness (QED) is 0.400. The maximum absolute atomic E-state index is 12.5. The number of benzene rings is 2. The fraction of sp³-hybridized carbons (Fsp3) is 0.320. The predicted octanol–water partition coefficient (Wildman–Crippen LogP) is 5.48. The third kappa shape index (κ3) is 5.11. The number of rotatable bonds is 8. The normalized spacial score (nSPS) is 15.1. The van der Waals surface area contributed by atoms with Gasteiger partial charge in [-0.25, -0.2) is 4.98 Å². The molecule has 6 nitrogen and oxygen atoms in total. The number of carbonyl (C=O) groups is 2. The highest BCUT2D eigenvalue weighted by Crippen LogP contribution is 2.37. The predicted molar refractivity (Wildman–Crippen MR) is 140 cm³/mol. The number of carbonyl (C=O) groups excluding carboxylic acids is 2. The molecule has 1 atom stereocenters. The second-order valence-corrected chi connectivity index (χ2v) is 10.4. The van der Waals surface area contributed by atoms with Crippen LogP contribution >= 0.6 is 35.0 Å². The molecule has 34 heavy (non-hydrogen) atoms. The van der Waals surface area contributed by atoms with Crippen LogP contribution in [0.1, 0.15) is 30.3 Å². The van der Waals surface area contributed by atoms with Crippen LogP contribution in [0.2, 0.25) is 10.0 Å². The van der Waals surface area contributed by atoms with Gasteiger partial charge in [0.05, 0.1) is 11.6 Å². The van der Waals surface area contributed by atoms with Gasteiger partial charge in [0.2, 0.25) is 5.91 Å². The first-order chi connectivity index (χ1) is 16.4. The van der Waals surface area contributed by atoms with Gasteiger partial charge >= 0.3 is 0 Å². The Hall–Kier alpha value is -2.48. The molecule has 1 unspecified atom stereocenters. The number of amides is 1. The molecule has 2 aromatic carbocycles. The second kappa shape index (κ2) is 10.8. The zero-order chi connectivity index (χ0) is 24.2. The Bertz CT molecular complexity index is 1180. The maximum atomic E-state index is 12.5. The molecule has 1 fully saturated rings. The van der Waals surface area contributed by atoms with E-state index in [0.717, 1.165) is 30.6 Å². The van der Waals surface area contributed by atoms with Gasteiger partial charge in [-0.05, 0) is 73.6 Å². The van der Waals surface area contributed by atoms with E-state index >= 15 is 0 Å². The lowest BCUT2D eigenvalue weighted by atomic mass is 9.93.